The summed E-state index contributed by atoms with van der Waals surface area (Å²) in [7, 11) is 0. The number of furan rings is 2. The predicted molar refractivity (Wildman–Crippen MR) is 361 cm³/mol. The van der Waals surface area contributed by atoms with E-state index in [0.717, 1.165) is 113 Å². The van der Waals surface area contributed by atoms with Crippen molar-refractivity contribution in [3.63, 3.8) is 0 Å². The van der Waals surface area contributed by atoms with Gasteiger partial charge in [-0.25, -0.2) is 0 Å². The fraction of sp³-hybridized carbons (Fsp3) is 0.0500. The molecule has 19 rings (SSSR count). The number of hydrogen-bond acceptors (Lipinski definition) is 4. The highest BCUT2D eigenvalue weighted by Crippen LogP contribution is 2.53. The molecule has 12 aromatic carbocycles. The van der Waals surface area contributed by atoms with Crippen LogP contribution < -0.4 is 9.80 Å². The highest BCUT2D eigenvalue weighted by molar-refractivity contribution is 6.31. The van der Waals surface area contributed by atoms with Crippen molar-refractivity contribution in [3.05, 3.63) is 272 Å². The van der Waals surface area contributed by atoms with Crippen LogP contribution in [-0.2, 0) is 0 Å². The lowest BCUT2D eigenvalue weighted by Crippen LogP contribution is -2.12. The summed E-state index contributed by atoms with van der Waals surface area (Å²) in [5.41, 5.74) is 24.3. The first-order valence-corrected chi connectivity index (χ1v) is 29.9. The summed E-state index contributed by atoms with van der Waals surface area (Å²) in [6.45, 7) is 4.47. The SMILES string of the molecule is Cc1ccc(C2=CC=CCC2)cc1N(c1cccc2c1oc1ccccc12)c1cccc2c1c1cccc3c4cc5c(cc4n2c31)c1cccc2c3c(N(c4cc(-c6ccccc6)ccc4C)c4cccc6c4oc4ccccc46)cccc3n5c12. The zero-order valence-corrected chi connectivity index (χ0v) is 47.3. The van der Waals surface area contributed by atoms with Crippen LogP contribution in [0.15, 0.2) is 264 Å². The second kappa shape index (κ2) is 17.7. The third-order valence-electron chi connectivity index (χ3n) is 18.9. The van der Waals surface area contributed by atoms with Crippen LogP contribution in [-0.4, -0.2) is 8.80 Å². The predicted octanol–water partition coefficient (Wildman–Crippen LogP) is 22.7. The molecule has 0 amide bonds. The fourth-order valence-electron chi connectivity index (χ4n) is 15.0. The minimum absolute atomic E-state index is 0.858. The third kappa shape index (κ3) is 6.50. The third-order valence-corrected chi connectivity index (χ3v) is 18.9. The zero-order chi connectivity index (χ0) is 56.5. The van der Waals surface area contributed by atoms with Gasteiger partial charge < -0.3 is 27.4 Å². The molecule has 0 fully saturated rings. The monoisotopic (exact) mass is 1100 g/mol. The summed E-state index contributed by atoms with van der Waals surface area (Å²) in [4.78, 5) is 4.95. The molecule has 6 heteroatoms. The number of aryl methyl sites for hydroxylation is 2. The molecular weight excluding hydrogens is 1050 g/mol. The molecule has 6 aromatic heterocycles. The van der Waals surface area contributed by atoms with E-state index < -0.39 is 0 Å². The van der Waals surface area contributed by atoms with Crippen molar-refractivity contribution in [2.75, 3.05) is 9.80 Å². The van der Waals surface area contributed by atoms with E-state index in [4.69, 9.17) is 8.83 Å². The van der Waals surface area contributed by atoms with Gasteiger partial charge in [-0.15, -0.1) is 0 Å². The quantitative estimate of drug-likeness (QED) is 0.152. The Bertz CT molecular complexity index is 5950. The second-order valence-electron chi connectivity index (χ2n) is 23.5. The Morgan fingerprint density at radius 2 is 0.791 bits per heavy atom. The van der Waals surface area contributed by atoms with Gasteiger partial charge in [0.2, 0.25) is 0 Å². The number of rotatable bonds is 8. The summed E-state index contributed by atoms with van der Waals surface area (Å²) in [5.74, 6) is 0. The van der Waals surface area contributed by atoms with Gasteiger partial charge in [-0.2, -0.15) is 0 Å². The van der Waals surface area contributed by atoms with E-state index in [1.54, 1.807) is 0 Å². The molecule has 18 aromatic rings. The van der Waals surface area contributed by atoms with E-state index in [-0.39, 0.29) is 0 Å². The van der Waals surface area contributed by atoms with Gasteiger partial charge in [0.05, 0.1) is 55.8 Å². The highest BCUT2D eigenvalue weighted by atomic mass is 16.3. The van der Waals surface area contributed by atoms with Crippen molar-refractivity contribution >= 4 is 160 Å². The first-order valence-electron chi connectivity index (χ1n) is 29.9. The number of aromatic nitrogens is 2. The molecule has 404 valence electrons. The van der Waals surface area contributed by atoms with Crippen LogP contribution in [0.3, 0.4) is 0 Å². The highest BCUT2D eigenvalue weighted by Gasteiger charge is 2.30. The number of allylic oxidation sites excluding steroid dienone is 4. The van der Waals surface area contributed by atoms with E-state index >= 15 is 0 Å². The molecule has 0 radical (unpaired) electrons. The van der Waals surface area contributed by atoms with E-state index in [1.807, 2.05) is 0 Å². The van der Waals surface area contributed by atoms with Gasteiger partial charge in [0.25, 0.3) is 0 Å². The Balaban J connectivity index is 0.856. The lowest BCUT2D eigenvalue weighted by Gasteiger charge is -2.29. The maximum Gasteiger partial charge on any atom is 0.159 e. The smallest absolute Gasteiger partial charge is 0.159 e. The standard InChI is InChI=1S/C80H52N4O2/c1-47-39-41-51(49-19-5-3-6-20-49)43-69(47)81(67-35-15-27-57-53-23-9-11-37-73(53)85-79(57)67)63-31-17-33-65-75(63)59-29-13-25-55-61-46-72-62(45-71(61)83(65)77(55)59)56-26-14-30-60-76-64(32-18-34-66(76)84(72)78(56)60)82(70-44-52(42-40-48(70)2)50-21-7-4-8-22-50)68-36-16-28-58-54-24-10-12-38-74(54)86-80(58)68/h3-7,9-21,23-46H,8,22H2,1-2H3. The van der Waals surface area contributed by atoms with E-state index in [9.17, 15) is 0 Å². The Kier molecular flexibility index (Phi) is 9.77. The van der Waals surface area contributed by atoms with Crippen LogP contribution in [0.2, 0.25) is 0 Å². The number of fused-ring (bicyclic) bond motifs is 18. The number of nitrogens with zero attached hydrogens (tertiary/aromatic N) is 4. The maximum absolute atomic E-state index is 6.92. The van der Waals surface area contributed by atoms with E-state index in [1.165, 1.54) is 87.4 Å². The molecule has 6 heterocycles. The summed E-state index contributed by atoms with van der Waals surface area (Å²) in [5, 5.41) is 14.1. The minimum Gasteiger partial charge on any atom is -0.454 e. The first-order chi connectivity index (χ1) is 42.5. The molecule has 1 aliphatic carbocycles. The molecule has 0 spiro atoms. The molecule has 0 N–H and O–H groups in total. The van der Waals surface area contributed by atoms with E-state index in [0.29, 0.717) is 0 Å². The van der Waals surface area contributed by atoms with Crippen LogP contribution >= 0.6 is 0 Å². The van der Waals surface area contributed by atoms with Crippen LogP contribution in [0.4, 0.5) is 34.1 Å². The average Bonchev–Trinajstić information content (AvgIpc) is 1.60. The van der Waals surface area contributed by atoms with Gasteiger partial charge in [-0.3, -0.25) is 0 Å². The fourth-order valence-corrected chi connectivity index (χ4v) is 15.0. The normalized spacial score (nSPS) is 13.2. The summed E-state index contributed by atoms with van der Waals surface area (Å²) < 4.78 is 18.9. The number of anilines is 6. The molecule has 0 aliphatic heterocycles. The number of benzene rings is 12. The van der Waals surface area contributed by atoms with Gasteiger partial charge in [0.15, 0.2) is 11.2 Å². The molecule has 86 heavy (non-hydrogen) atoms. The zero-order valence-electron chi connectivity index (χ0n) is 47.3. The van der Waals surface area contributed by atoms with Gasteiger partial charge in [-0.1, -0.05) is 182 Å². The van der Waals surface area contributed by atoms with Crippen LogP contribution in [0, 0.1) is 13.8 Å². The van der Waals surface area contributed by atoms with Crippen LogP contribution in [0.25, 0.3) is 137 Å². The molecular formula is C80H52N4O2. The van der Waals surface area contributed by atoms with Gasteiger partial charge in [0.1, 0.15) is 11.2 Å². The molecule has 0 saturated heterocycles. The summed E-state index contributed by atoms with van der Waals surface area (Å²) in [6, 6.07) is 87.1. The van der Waals surface area contributed by atoms with Gasteiger partial charge >= 0.3 is 0 Å². The Morgan fingerprint density at radius 3 is 1.34 bits per heavy atom. The first kappa shape index (κ1) is 47.4. The number of hydrogen-bond donors (Lipinski definition) is 0. The second-order valence-corrected chi connectivity index (χ2v) is 23.5. The van der Waals surface area contributed by atoms with Crippen molar-refractivity contribution in [1.82, 2.24) is 8.80 Å². The Labute approximate surface area is 493 Å². The summed E-state index contributed by atoms with van der Waals surface area (Å²) >= 11 is 0. The largest absolute Gasteiger partial charge is 0.454 e. The Hall–Kier alpha value is -11.1. The summed E-state index contributed by atoms with van der Waals surface area (Å²) in [6.07, 6.45) is 8.79. The van der Waals surface area contributed by atoms with Crippen molar-refractivity contribution in [2.24, 2.45) is 0 Å². The van der Waals surface area contributed by atoms with Crippen LogP contribution in [0.1, 0.15) is 29.5 Å². The molecule has 0 bridgehead atoms. The van der Waals surface area contributed by atoms with Crippen molar-refractivity contribution in [2.45, 2.75) is 26.7 Å². The van der Waals surface area contributed by atoms with Crippen molar-refractivity contribution < 1.29 is 8.83 Å². The lowest BCUT2D eigenvalue weighted by molar-refractivity contribution is 0.668. The molecule has 0 atom stereocenters. The maximum atomic E-state index is 6.92. The Morgan fingerprint density at radius 1 is 0.337 bits per heavy atom. The minimum atomic E-state index is 0.858. The molecule has 1 aliphatic rings. The van der Waals surface area contributed by atoms with Crippen molar-refractivity contribution in [3.8, 4) is 11.1 Å². The van der Waals surface area contributed by atoms with Crippen molar-refractivity contribution in [1.29, 1.82) is 0 Å². The van der Waals surface area contributed by atoms with Gasteiger partial charge in [0, 0.05) is 76.0 Å². The molecule has 0 unspecified atom stereocenters. The van der Waals surface area contributed by atoms with Gasteiger partial charge in [-0.05, 0) is 133 Å². The topological polar surface area (TPSA) is 41.6 Å². The molecule has 6 nitrogen and oxygen atoms in total. The lowest BCUT2D eigenvalue weighted by atomic mass is 9.95. The van der Waals surface area contributed by atoms with E-state index in [2.05, 4.69) is 287 Å². The average molecular weight is 1100 g/mol. The van der Waals surface area contributed by atoms with Crippen LogP contribution in [0.5, 0.6) is 0 Å². The molecule has 0 saturated carbocycles. The number of para-hydroxylation sites is 6.